The fourth-order valence-electron chi connectivity index (χ4n) is 1.67. The van der Waals surface area contributed by atoms with Crippen molar-refractivity contribution in [3.8, 4) is 0 Å². The molecule has 1 saturated carbocycles. The third-order valence-corrected chi connectivity index (χ3v) is 2.74. The molecule has 0 amide bonds. The van der Waals surface area contributed by atoms with E-state index in [2.05, 4.69) is 26.9 Å². The summed E-state index contributed by atoms with van der Waals surface area (Å²) in [6.45, 7) is 3.03. The van der Waals surface area contributed by atoms with Crippen molar-refractivity contribution >= 4 is 0 Å². The van der Waals surface area contributed by atoms with E-state index >= 15 is 0 Å². The summed E-state index contributed by atoms with van der Waals surface area (Å²) in [6, 6.07) is 2.20. The van der Waals surface area contributed by atoms with Gasteiger partial charge in [0.1, 0.15) is 0 Å². The first-order chi connectivity index (χ1) is 7.40. The number of aromatic amines is 1. The maximum absolute atomic E-state index is 4.32. The standard InChI is InChI=1S/C11H20N4/c1-12-5-2-6-13-8-10-7-11(15-14-10)9-3-4-9/h7,9,12-13H,2-6,8H2,1H3,(H,14,15). The molecule has 0 atom stereocenters. The fourth-order valence-corrected chi connectivity index (χ4v) is 1.67. The van der Waals surface area contributed by atoms with Crippen molar-refractivity contribution < 1.29 is 0 Å². The zero-order chi connectivity index (χ0) is 10.5. The van der Waals surface area contributed by atoms with Gasteiger partial charge in [-0.1, -0.05) is 0 Å². The molecule has 0 aromatic carbocycles. The molecule has 1 fully saturated rings. The molecule has 4 nitrogen and oxygen atoms in total. The van der Waals surface area contributed by atoms with Gasteiger partial charge in [0, 0.05) is 18.2 Å². The molecule has 1 aromatic heterocycles. The van der Waals surface area contributed by atoms with Crippen molar-refractivity contribution in [3.05, 3.63) is 17.5 Å². The van der Waals surface area contributed by atoms with Gasteiger partial charge in [-0.2, -0.15) is 5.10 Å². The normalized spacial score (nSPS) is 15.8. The molecule has 15 heavy (non-hydrogen) atoms. The van der Waals surface area contributed by atoms with Gasteiger partial charge in [0.15, 0.2) is 0 Å². The van der Waals surface area contributed by atoms with Crippen LogP contribution < -0.4 is 10.6 Å². The first-order valence-electron chi connectivity index (χ1n) is 5.79. The molecule has 1 aliphatic rings. The third kappa shape index (κ3) is 3.32. The van der Waals surface area contributed by atoms with E-state index in [1.54, 1.807) is 0 Å². The Kier molecular flexibility index (Phi) is 3.75. The Bertz CT molecular complexity index is 291. The van der Waals surface area contributed by atoms with E-state index in [1.165, 1.54) is 30.7 Å². The van der Waals surface area contributed by atoms with E-state index < -0.39 is 0 Å². The first-order valence-corrected chi connectivity index (χ1v) is 5.79. The molecule has 2 rings (SSSR count). The predicted molar refractivity (Wildman–Crippen MR) is 60.8 cm³/mol. The minimum Gasteiger partial charge on any atom is -0.320 e. The maximum Gasteiger partial charge on any atom is 0.0656 e. The van der Waals surface area contributed by atoms with Gasteiger partial charge in [-0.15, -0.1) is 0 Å². The summed E-state index contributed by atoms with van der Waals surface area (Å²) in [7, 11) is 1.98. The van der Waals surface area contributed by atoms with Gasteiger partial charge < -0.3 is 10.6 Å². The lowest BCUT2D eigenvalue weighted by Crippen LogP contribution is -2.19. The van der Waals surface area contributed by atoms with Gasteiger partial charge in [0.2, 0.25) is 0 Å². The molecular formula is C11H20N4. The van der Waals surface area contributed by atoms with Crippen LogP contribution in [0.15, 0.2) is 6.07 Å². The summed E-state index contributed by atoms with van der Waals surface area (Å²) in [6.07, 6.45) is 3.81. The lowest BCUT2D eigenvalue weighted by Gasteiger charge is -2.01. The van der Waals surface area contributed by atoms with E-state index in [9.17, 15) is 0 Å². The highest BCUT2D eigenvalue weighted by Crippen LogP contribution is 2.38. The average Bonchev–Trinajstić information content (AvgIpc) is 2.99. The zero-order valence-corrected chi connectivity index (χ0v) is 9.34. The Morgan fingerprint density at radius 3 is 3.07 bits per heavy atom. The summed E-state index contributed by atoms with van der Waals surface area (Å²) >= 11 is 0. The van der Waals surface area contributed by atoms with E-state index in [1.807, 2.05) is 7.05 Å². The van der Waals surface area contributed by atoms with Crippen LogP contribution in [0.3, 0.4) is 0 Å². The van der Waals surface area contributed by atoms with Crippen LogP contribution in [0.5, 0.6) is 0 Å². The molecule has 1 heterocycles. The van der Waals surface area contributed by atoms with Crippen LogP contribution in [0.2, 0.25) is 0 Å². The lowest BCUT2D eigenvalue weighted by atomic mass is 10.2. The van der Waals surface area contributed by atoms with Gasteiger partial charge >= 0.3 is 0 Å². The van der Waals surface area contributed by atoms with Crippen LogP contribution in [0.4, 0.5) is 0 Å². The van der Waals surface area contributed by atoms with Gasteiger partial charge in [-0.05, 0) is 45.5 Å². The second-order valence-corrected chi connectivity index (χ2v) is 4.23. The Balaban J connectivity index is 1.64. The molecule has 0 unspecified atom stereocenters. The summed E-state index contributed by atoms with van der Waals surface area (Å²) < 4.78 is 0. The minimum atomic E-state index is 0.749. The lowest BCUT2D eigenvalue weighted by molar-refractivity contribution is 0.618. The van der Waals surface area contributed by atoms with E-state index in [-0.39, 0.29) is 0 Å². The molecule has 0 aliphatic heterocycles. The molecule has 1 aromatic rings. The van der Waals surface area contributed by atoms with Crippen molar-refractivity contribution in [2.45, 2.75) is 31.7 Å². The van der Waals surface area contributed by atoms with Crippen molar-refractivity contribution in [1.29, 1.82) is 0 Å². The van der Waals surface area contributed by atoms with Crippen molar-refractivity contribution in [1.82, 2.24) is 20.8 Å². The molecule has 3 N–H and O–H groups in total. The van der Waals surface area contributed by atoms with Gasteiger partial charge in [-0.3, -0.25) is 5.10 Å². The molecule has 1 aliphatic carbocycles. The second kappa shape index (κ2) is 5.28. The number of hydrogen-bond acceptors (Lipinski definition) is 3. The number of aromatic nitrogens is 2. The minimum absolute atomic E-state index is 0.749. The van der Waals surface area contributed by atoms with Crippen LogP contribution in [0.1, 0.15) is 36.6 Å². The van der Waals surface area contributed by atoms with Crippen molar-refractivity contribution in [2.24, 2.45) is 0 Å². The number of nitrogens with zero attached hydrogens (tertiary/aromatic N) is 1. The Labute approximate surface area is 90.8 Å². The molecule has 0 saturated heterocycles. The van der Waals surface area contributed by atoms with Gasteiger partial charge in [-0.25, -0.2) is 0 Å². The van der Waals surface area contributed by atoms with Crippen molar-refractivity contribution in [3.63, 3.8) is 0 Å². The second-order valence-electron chi connectivity index (χ2n) is 4.23. The van der Waals surface area contributed by atoms with Crippen LogP contribution in [0, 0.1) is 0 Å². The molecule has 0 spiro atoms. The summed E-state index contributed by atoms with van der Waals surface area (Å²) in [4.78, 5) is 0. The number of nitrogens with one attached hydrogen (secondary N) is 3. The van der Waals surface area contributed by atoms with Crippen LogP contribution in [-0.4, -0.2) is 30.3 Å². The molecule has 0 radical (unpaired) electrons. The topological polar surface area (TPSA) is 52.7 Å². The van der Waals surface area contributed by atoms with Gasteiger partial charge in [0.25, 0.3) is 0 Å². The fraction of sp³-hybridized carbons (Fsp3) is 0.727. The molecule has 4 heteroatoms. The quantitative estimate of drug-likeness (QED) is 0.586. The van der Waals surface area contributed by atoms with Crippen LogP contribution in [-0.2, 0) is 6.54 Å². The highest BCUT2D eigenvalue weighted by Gasteiger charge is 2.25. The van der Waals surface area contributed by atoms with E-state index in [0.717, 1.165) is 25.6 Å². The first kappa shape index (κ1) is 10.6. The monoisotopic (exact) mass is 208 g/mol. The molecule has 0 bridgehead atoms. The molecule has 84 valence electrons. The van der Waals surface area contributed by atoms with E-state index in [4.69, 9.17) is 0 Å². The smallest absolute Gasteiger partial charge is 0.0656 e. The van der Waals surface area contributed by atoms with Crippen molar-refractivity contribution in [2.75, 3.05) is 20.1 Å². The third-order valence-electron chi connectivity index (χ3n) is 2.74. The number of rotatable bonds is 7. The highest BCUT2D eigenvalue weighted by atomic mass is 15.1. The predicted octanol–water partition coefficient (Wildman–Crippen LogP) is 0.986. The molecular weight excluding hydrogens is 188 g/mol. The summed E-state index contributed by atoms with van der Waals surface area (Å²) in [5.41, 5.74) is 2.46. The number of H-pyrrole nitrogens is 1. The van der Waals surface area contributed by atoms with E-state index in [0.29, 0.717) is 0 Å². The number of hydrogen-bond donors (Lipinski definition) is 3. The van der Waals surface area contributed by atoms with Gasteiger partial charge in [0.05, 0.1) is 5.69 Å². The Morgan fingerprint density at radius 1 is 1.47 bits per heavy atom. The Morgan fingerprint density at radius 2 is 2.33 bits per heavy atom. The van der Waals surface area contributed by atoms with Crippen LogP contribution in [0.25, 0.3) is 0 Å². The average molecular weight is 208 g/mol. The maximum atomic E-state index is 4.32. The Hall–Kier alpha value is -0.870. The highest BCUT2D eigenvalue weighted by molar-refractivity contribution is 5.17. The summed E-state index contributed by atoms with van der Waals surface area (Å²) in [5.74, 6) is 0.749. The zero-order valence-electron chi connectivity index (χ0n) is 9.34. The summed E-state index contributed by atoms with van der Waals surface area (Å²) in [5, 5.41) is 13.9. The largest absolute Gasteiger partial charge is 0.320 e. The SMILES string of the molecule is CNCCCNCc1cc(C2CC2)n[nH]1. The van der Waals surface area contributed by atoms with Crippen LogP contribution >= 0.6 is 0 Å².